The van der Waals surface area contributed by atoms with E-state index in [0.29, 0.717) is 6.61 Å². The minimum atomic E-state index is -0.112. The second kappa shape index (κ2) is 6.31. The fourth-order valence-corrected chi connectivity index (χ4v) is 2.34. The smallest absolute Gasteiger partial charge is 0.123 e. The van der Waals surface area contributed by atoms with Crippen LogP contribution in [0.5, 0.6) is 5.75 Å². The lowest BCUT2D eigenvalue weighted by Crippen LogP contribution is -2.21. The molecule has 0 aliphatic heterocycles. The van der Waals surface area contributed by atoms with Gasteiger partial charge in [-0.15, -0.1) is 0 Å². The maximum atomic E-state index is 6.22. The zero-order valence-corrected chi connectivity index (χ0v) is 13.4. The minimum absolute atomic E-state index is 0.0554. The molecule has 1 atom stereocenters. The minimum Gasteiger partial charge on any atom is -0.491 e. The molecule has 0 saturated carbocycles. The first kappa shape index (κ1) is 15.6. The van der Waals surface area contributed by atoms with E-state index in [9.17, 15) is 0 Å². The van der Waals surface area contributed by atoms with Gasteiger partial charge in [0.25, 0.3) is 0 Å². The molecule has 0 saturated heterocycles. The van der Waals surface area contributed by atoms with E-state index >= 15 is 0 Å². The molecule has 0 aliphatic rings. The Morgan fingerprint density at radius 1 is 1.05 bits per heavy atom. The molecule has 0 amide bonds. The molecule has 0 aliphatic carbocycles. The fourth-order valence-electron chi connectivity index (χ4n) is 2.34. The van der Waals surface area contributed by atoms with Crippen molar-refractivity contribution < 1.29 is 4.74 Å². The molecule has 0 aromatic heterocycles. The molecule has 2 heteroatoms. The van der Waals surface area contributed by atoms with Gasteiger partial charge < -0.3 is 10.5 Å². The highest BCUT2D eigenvalue weighted by atomic mass is 16.5. The first-order chi connectivity index (χ1) is 9.88. The van der Waals surface area contributed by atoms with Crippen molar-refractivity contribution in [2.45, 2.75) is 39.2 Å². The van der Waals surface area contributed by atoms with E-state index in [1.165, 1.54) is 11.1 Å². The van der Waals surface area contributed by atoms with Crippen LogP contribution in [0, 0.1) is 6.92 Å². The first-order valence-electron chi connectivity index (χ1n) is 7.42. The van der Waals surface area contributed by atoms with Crippen LogP contribution in [0.25, 0.3) is 0 Å². The van der Waals surface area contributed by atoms with Gasteiger partial charge in [0.1, 0.15) is 12.4 Å². The average Bonchev–Trinajstić information content (AvgIpc) is 2.44. The lowest BCUT2D eigenvalue weighted by Gasteiger charge is -2.24. The van der Waals surface area contributed by atoms with Crippen LogP contribution in [0.2, 0.25) is 0 Å². The molecule has 2 nitrogen and oxygen atoms in total. The van der Waals surface area contributed by atoms with Gasteiger partial charge in [-0.3, -0.25) is 0 Å². The summed E-state index contributed by atoms with van der Waals surface area (Å²) in [6.07, 6.45) is 0. The van der Waals surface area contributed by atoms with Crippen LogP contribution in [-0.4, -0.2) is 6.61 Å². The Morgan fingerprint density at radius 2 is 1.71 bits per heavy atom. The van der Waals surface area contributed by atoms with Crippen LogP contribution in [0.3, 0.4) is 0 Å². The van der Waals surface area contributed by atoms with Gasteiger partial charge in [0.2, 0.25) is 0 Å². The topological polar surface area (TPSA) is 35.2 Å². The lowest BCUT2D eigenvalue weighted by molar-refractivity contribution is 0.283. The summed E-state index contributed by atoms with van der Waals surface area (Å²) in [6.45, 7) is 9.15. The second-order valence-corrected chi connectivity index (χ2v) is 6.58. The Kier molecular flexibility index (Phi) is 4.69. The summed E-state index contributed by atoms with van der Waals surface area (Å²) < 4.78 is 6.04. The molecular weight excluding hydrogens is 258 g/mol. The first-order valence-corrected chi connectivity index (χ1v) is 7.42. The summed E-state index contributed by atoms with van der Waals surface area (Å²) >= 11 is 0. The van der Waals surface area contributed by atoms with E-state index < -0.39 is 0 Å². The third-order valence-corrected chi connectivity index (χ3v) is 3.59. The molecule has 0 heterocycles. The van der Waals surface area contributed by atoms with Crippen molar-refractivity contribution in [1.29, 1.82) is 0 Å². The van der Waals surface area contributed by atoms with Gasteiger partial charge in [-0.05, 0) is 35.1 Å². The van der Waals surface area contributed by atoms with E-state index in [1.54, 1.807) is 0 Å². The predicted molar refractivity (Wildman–Crippen MR) is 88.7 cm³/mol. The predicted octanol–water partition coefficient (Wildman–Crippen LogP) is 4.37. The summed E-state index contributed by atoms with van der Waals surface area (Å²) in [4.78, 5) is 0. The maximum Gasteiger partial charge on any atom is 0.123 e. The Hall–Kier alpha value is -1.80. The van der Waals surface area contributed by atoms with Gasteiger partial charge in [-0.1, -0.05) is 63.2 Å². The molecule has 2 N–H and O–H groups in total. The number of ether oxygens (including phenoxy) is 1. The zero-order valence-electron chi connectivity index (χ0n) is 13.4. The quantitative estimate of drug-likeness (QED) is 0.904. The number of rotatable bonds is 4. The summed E-state index contributed by atoms with van der Waals surface area (Å²) in [6, 6.07) is 16.3. The number of nitrogens with two attached hydrogens (primary N) is 1. The van der Waals surface area contributed by atoms with Gasteiger partial charge in [0.05, 0.1) is 6.04 Å². The van der Waals surface area contributed by atoms with Crippen molar-refractivity contribution in [3.63, 3.8) is 0 Å². The molecule has 2 aromatic carbocycles. The molecule has 0 spiro atoms. The van der Waals surface area contributed by atoms with Crippen LogP contribution in [0.15, 0.2) is 48.5 Å². The Balaban J connectivity index is 2.15. The van der Waals surface area contributed by atoms with E-state index in [0.717, 1.165) is 11.3 Å². The third kappa shape index (κ3) is 4.08. The molecule has 0 bridgehead atoms. The Morgan fingerprint density at radius 3 is 2.33 bits per heavy atom. The van der Waals surface area contributed by atoms with Gasteiger partial charge >= 0.3 is 0 Å². The van der Waals surface area contributed by atoms with Gasteiger partial charge in [-0.2, -0.15) is 0 Å². The van der Waals surface area contributed by atoms with Crippen molar-refractivity contribution in [2.75, 3.05) is 6.61 Å². The molecular formula is C19H25NO. The highest BCUT2D eigenvalue weighted by Crippen LogP contribution is 2.32. The van der Waals surface area contributed by atoms with Crippen LogP contribution in [0.4, 0.5) is 0 Å². The Labute approximate surface area is 127 Å². The summed E-state index contributed by atoms with van der Waals surface area (Å²) in [5.41, 5.74) is 9.79. The van der Waals surface area contributed by atoms with E-state index in [4.69, 9.17) is 10.5 Å². The van der Waals surface area contributed by atoms with Gasteiger partial charge in [-0.25, -0.2) is 0 Å². The van der Waals surface area contributed by atoms with Crippen molar-refractivity contribution >= 4 is 0 Å². The Bertz CT molecular complexity index is 584. The van der Waals surface area contributed by atoms with Crippen LogP contribution >= 0.6 is 0 Å². The van der Waals surface area contributed by atoms with E-state index in [-0.39, 0.29) is 11.5 Å². The van der Waals surface area contributed by atoms with Crippen LogP contribution in [0.1, 0.15) is 43.5 Å². The highest BCUT2D eigenvalue weighted by molar-refractivity contribution is 5.41. The van der Waals surface area contributed by atoms with Crippen molar-refractivity contribution in [3.05, 3.63) is 65.2 Å². The summed E-state index contributed by atoms with van der Waals surface area (Å²) in [5, 5.41) is 0. The standard InChI is InChI=1S/C19H25NO/c1-14-10-11-16(19(2,3)4)18(12-14)21-13-17(20)15-8-6-5-7-9-15/h5-12,17H,13,20H2,1-4H3. The van der Waals surface area contributed by atoms with Crippen molar-refractivity contribution in [1.82, 2.24) is 0 Å². The van der Waals surface area contributed by atoms with Crippen molar-refractivity contribution in [2.24, 2.45) is 5.73 Å². The molecule has 21 heavy (non-hydrogen) atoms. The summed E-state index contributed by atoms with van der Waals surface area (Å²) in [7, 11) is 0. The number of hydrogen-bond acceptors (Lipinski definition) is 2. The fraction of sp³-hybridized carbons (Fsp3) is 0.368. The van der Waals surface area contributed by atoms with Gasteiger partial charge in [0, 0.05) is 0 Å². The number of hydrogen-bond donors (Lipinski definition) is 1. The molecule has 112 valence electrons. The second-order valence-electron chi connectivity index (χ2n) is 6.58. The van der Waals surface area contributed by atoms with Crippen LogP contribution in [-0.2, 0) is 5.41 Å². The molecule has 0 fully saturated rings. The maximum absolute atomic E-state index is 6.22. The third-order valence-electron chi connectivity index (χ3n) is 3.59. The molecule has 1 unspecified atom stereocenters. The SMILES string of the molecule is Cc1ccc(C(C)(C)C)c(OCC(N)c2ccccc2)c1. The largest absolute Gasteiger partial charge is 0.491 e. The van der Waals surface area contributed by atoms with Crippen LogP contribution < -0.4 is 10.5 Å². The van der Waals surface area contributed by atoms with Crippen molar-refractivity contribution in [3.8, 4) is 5.75 Å². The normalized spacial score (nSPS) is 13.0. The van der Waals surface area contributed by atoms with E-state index in [1.807, 2.05) is 30.3 Å². The molecule has 0 radical (unpaired) electrons. The number of benzene rings is 2. The molecule has 2 aromatic rings. The zero-order chi connectivity index (χ0) is 15.5. The average molecular weight is 283 g/mol. The summed E-state index contributed by atoms with van der Waals surface area (Å²) in [5.74, 6) is 0.939. The lowest BCUT2D eigenvalue weighted by atomic mass is 9.86. The number of aryl methyl sites for hydroxylation is 1. The van der Waals surface area contributed by atoms with Gasteiger partial charge in [0.15, 0.2) is 0 Å². The highest BCUT2D eigenvalue weighted by Gasteiger charge is 2.19. The molecule has 2 rings (SSSR count). The monoisotopic (exact) mass is 283 g/mol. The van der Waals surface area contributed by atoms with E-state index in [2.05, 4.69) is 45.9 Å².